The summed E-state index contributed by atoms with van der Waals surface area (Å²) in [5.41, 5.74) is 1.84. The molecule has 0 radical (unpaired) electrons. The van der Waals surface area contributed by atoms with Gasteiger partial charge in [-0.25, -0.2) is 9.97 Å². The Kier molecular flexibility index (Phi) is 4.02. The number of halogens is 1. The molecular formula is C17H17ClN4OS. The number of pyridine rings is 1. The summed E-state index contributed by atoms with van der Waals surface area (Å²) >= 11 is 7.28. The number of amides is 1. The number of likely N-dealkylation sites (tertiary alicyclic amines) is 1. The Morgan fingerprint density at radius 3 is 3.04 bits per heavy atom. The van der Waals surface area contributed by atoms with Gasteiger partial charge in [0.25, 0.3) is 5.91 Å². The van der Waals surface area contributed by atoms with E-state index in [2.05, 4.69) is 16.5 Å². The predicted molar refractivity (Wildman–Crippen MR) is 95.8 cm³/mol. The molecule has 0 N–H and O–H groups in total. The van der Waals surface area contributed by atoms with Crippen molar-refractivity contribution in [2.75, 3.05) is 13.1 Å². The number of aromatic nitrogens is 3. The van der Waals surface area contributed by atoms with Crippen LogP contribution in [-0.2, 0) is 6.54 Å². The van der Waals surface area contributed by atoms with Gasteiger partial charge in [-0.3, -0.25) is 4.79 Å². The Labute approximate surface area is 148 Å². The van der Waals surface area contributed by atoms with Crippen LogP contribution in [0.3, 0.4) is 0 Å². The van der Waals surface area contributed by atoms with Gasteiger partial charge in [-0.05, 0) is 37.6 Å². The summed E-state index contributed by atoms with van der Waals surface area (Å²) < 4.78 is 2.81. The van der Waals surface area contributed by atoms with Crippen molar-refractivity contribution in [3.8, 4) is 0 Å². The van der Waals surface area contributed by atoms with E-state index in [0.29, 0.717) is 15.8 Å². The van der Waals surface area contributed by atoms with E-state index < -0.39 is 0 Å². The second-order valence-corrected chi connectivity index (χ2v) is 7.62. The molecule has 1 saturated heterocycles. The maximum Gasteiger partial charge on any atom is 0.263 e. The molecular weight excluding hydrogens is 344 g/mol. The van der Waals surface area contributed by atoms with E-state index in [1.54, 1.807) is 18.3 Å². The maximum atomic E-state index is 12.6. The molecule has 3 aromatic rings. The average molecular weight is 361 g/mol. The minimum absolute atomic E-state index is 0.0617. The molecule has 1 aliphatic heterocycles. The fraction of sp³-hybridized carbons (Fsp3) is 0.353. The summed E-state index contributed by atoms with van der Waals surface area (Å²) in [6.45, 7) is 4.37. The van der Waals surface area contributed by atoms with E-state index in [-0.39, 0.29) is 11.8 Å². The number of fused-ring (bicyclic) bond motifs is 1. The molecule has 124 valence electrons. The number of hydrogen-bond donors (Lipinski definition) is 0. The molecule has 1 fully saturated rings. The number of aryl methyl sites for hydroxylation is 1. The minimum Gasteiger partial charge on any atom is -0.337 e. The Balaban J connectivity index is 1.60. The van der Waals surface area contributed by atoms with Crippen LogP contribution in [0.4, 0.5) is 0 Å². The normalized spacial score (nSPS) is 17.8. The zero-order valence-corrected chi connectivity index (χ0v) is 14.8. The highest BCUT2D eigenvalue weighted by atomic mass is 35.5. The van der Waals surface area contributed by atoms with Gasteiger partial charge in [0, 0.05) is 31.7 Å². The second kappa shape index (κ2) is 6.18. The third-order valence-corrected chi connectivity index (χ3v) is 5.69. The van der Waals surface area contributed by atoms with Crippen molar-refractivity contribution in [2.45, 2.75) is 25.8 Å². The number of nitrogens with zero attached hydrogens (tertiary/aromatic N) is 4. The molecule has 3 aromatic heterocycles. The van der Waals surface area contributed by atoms with Crippen LogP contribution in [0.2, 0.25) is 4.34 Å². The number of hydrogen-bond acceptors (Lipinski definition) is 4. The van der Waals surface area contributed by atoms with E-state index in [0.717, 1.165) is 36.5 Å². The quantitative estimate of drug-likeness (QED) is 0.714. The van der Waals surface area contributed by atoms with Gasteiger partial charge < -0.3 is 9.47 Å². The molecule has 1 atom stereocenters. The van der Waals surface area contributed by atoms with E-state index in [1.165, 1.54) is 11.3 Å². The fourth-order valence-corrected chi connectivity index (χ4v) is 4.35. The highest BCUT2D eigenvalue weighted by molar-refractivity contribution is 7.17. The molecule has 4 heterocycles. The summed E-state index contributed by atoms with van der Waals surface area (Å²) in [6, 6.07) is 7.47. The second-order valence-electron chi connectivity index (χ2n) is 5.90. The largest absolute Gasteiger partial charge is 0.337 e. The first-order valence-corrected chi connectivity index (χ1v) is 9.22. The standard InChI is InChI=1S/C17H17ClN4OS/c1-2-22-15(20-12-4-3-8-19-16(12)22)11-7-9-21(10-11)17(23)13-5-6-14(18)24-13/h3-6,8,11H,2,7,9-10H2,1H3. The van der Waals surface area contributed by atoms with Gasteiger partial charge in [0.1, 0.15) is 11.3 Å². The van der Waals surface area contributed by atoms with Crippen LogP contribution in [0.25, 0.3) is 11.2 Å². The van der Waals surface area contributed by atoms with Crippen LogP contribution in [0.5, 0.6) is 0 Å². The SMILES string of the molecule is CCn1c(C2CCN(C(=O)c3ccc(Cl)s3)C2)nc2cccnc21. The van der Waals surface area contributed by atoms with Crippen molar-refractivity contribution >= 4 is 40.0 Å². The Hall–Kier alpha value is -1.92. The van der Waals surface area contributed by atoms with Crippen molar-refractivity contribution in [1.29, 1.82) is 0 Å². The predicted octanol–water partition coefficient (Wildman–Crippen LogP) is 3.80. The molecule has 1 amide bonds. The summed E-state index contributed by atoms with van der Waals surface area (Å²) in [5.74, 6) is 1.34. The van der Waals surface area contributed by atoms with Gasteiger partial charge in [0.05, 0.1) is 9.21 Å². The molecule has 5 nitrogen and oxygen atoms in total. The van der Waals surface area contributed by atoms with E-state index in [4.69, 9.17) is 16.6 Å². The lowest BCUT2D eigenvalue weighted by Crippen LogP contribution is -2.28. The number of rotatable bonds is 3. The first-order valence-electron chi connectivity index (χ1n) is 8.03. The van der Waals surface area contributed by atoms with Crippen LogP contribution in [0, 0.1) is 0 Å². The lowest BCUT2D eigenvalue weighted by atomic mass is 10.1. The Morgan fingerprint density at radius 2 is 2.29 bits per heavy atom. The topological polar surface area (TPSA) is 51.0 Å². The molecule has 7 heteroatoms. The first-order chi connectivity index (χ1) is 11.7. The monoisotopic (exact) mass is 360 g/mol. The maximum absolute atomic E-state index is 12.6. The van der Waals surface area contributed by atoms with Crippen LogP contribution in [0.1, 0.15) is 34.8 Å². The molecule has 1 aliphatic rings. The molecule has 4 rings (SSSR count). The molecule has 0 aliphatic carbocycles. The van der Waals surface area contributed by atoms with Crippen molar-refractivity contribution in [1.82, 2.24) is 19.4 Å². The van der Waals surface area contributed by atoms with E-state index in [9.17, 15) is 4.79 Å². The highest BCUT2D eigenvalue weighted by Crippen LogP contribution is 2.31. The van der Waals surface area contributed by atoms with Gasteiger partial charge in [0.15, 0.2) is 5.65 Å². The van der Waals surface area contributed by atoms with Crippen LogP contribution in [0.15, 0.2) is 30.5 Å². The third kappa shape index (κ3) is 2.59. The lowest BCUT2D eigenvalue weighted by Gasteiger charge is -2.16. The summed E-state index contributed by atoms with van der Waals surface area (Å²) in [5, 5.41) is 0. The average Bonchev–Trinajstić information content (AvgIpc) is 3.31. The van der Waals surface area contributed by atoms with E-state index in [1.807, 2.05) is 17.0 Å². The highest BCUT2D eigenvalue weighted by Gasteiger charge is 2.31. The fourth-order valence-electron chi connectivity index (χ4n) is 3.34. The smallest absolute Gasteiger partial charge is 0.263 e. The molecule has 0 saturated carbocycles. The van der Waals surface area contributed by atoms with Crippen molar-refractivity contribution in [3.05, 3.63) is 45.5 Å². The number of carbonyl (C=O) groups excluding carboxylic acids is 1. The van der Waals surface area contributed by atoms with Crippen molar-refractivity contribution < 1.29 is 4.79 Å². The van der Waals surface area contributed by atoms with E-state index >= 15 is 0 Å². The third-order valence-electron chi connectivity index (χ3n) is 4.47. The minimum atomic E-state index is 0.0617. The van der Waals surface area contributed by atoms with Crippen LogP contribution < -0.4 is 0 Å². The molecule has 24 heavy (non-hydrogen) atoms. The zero-order valence-electron chi connectivity index (χ0n) is 13.3. The van der Waals surface area contributed by atoms with Gasteiger partial charge >= 0.3 is 0 Å². The van der Waals surface area contributed by atoms with Crippen LogP contribution >= 0.6 is 22.9 Å². The van der Waals surface area contributed by atoms with Gasteiger partial charge in [-0.1, -0.05) is 11.6 Å². The molecule has 1 unspecified atom stereocenters. The number of carbonyl (C=O) groups is 1. The Morgan fingerprint density at radius 1 is 1.42 bits per heavy atom. The number of thiophene rings is 1. The summed E-state index contributed by atoms with van der Waals surface area (Å²) in [4.78, 5) is 24.4. The summed E-state index contributed by atoms with van der Waals surface area (Å²) in [6.07, 6.45) is 2.72. The molecule has 0 spiro atoms. The first kappa shape index (κ1) is 15.6. The Bertz CT molecular complexity index is 903. The molecule has 0 aromatic carbocycles. The number of imidazole rings is 1. The lowest BCUT2D eigenvalue weighted by molar-refractivity contribution is 0.0795. The zero-order chi connectivity index (χ0) is 16.7. The van der Waals surface area contributed by atoms with Crippen molar-refractivity contribution in [2.24, 2.45) is 0 Å². The summed E-state index contributed by atoms with van der Waals surface area (Å²) in [7, 11) is 0. The van der Waals surface area contributed by atoms with Gasteiger partial charge in [-0.2, -0.15) is 0 Å². The van der Waals surface area contributed by atoms with Crippen molar-refractivity contribution in [3.63, 3.8) is 0 Å². The van der Waals surface area contributed by atoms with Gasteiger partial charge in [0.2, 0.25) is 0 Å². The van der Waals surface area contributed by atoms with Crippen LogP contribution in [-0.4, -0.2) is 38.4 Å². The molecule has 0 bridgehead atoms. The van der Waals surface area contributed by atoms with Gasteiger partial charge in [-0.15, -0.1) is 11.3 Å².